The van der Waals surface area contributed by atoms with Gasteiger partial charge in [-0.1, -0.05) is 66.3 Å². The Hall–Kier alpha value is -2.25. The number of fused-ring (bicyclic) bond motifs is 2. The highest BCUT2D eigenvalue weighted by atomic mass is 28.2. The third-order valence-electron chi connectivity index (χ3n) is 4.30. The number of hydrogen-bond donors (Lipinski definition) is 0. The summed E-state index contributed by atoms with van der Waals surface area (Å²) in [6.07, 6.45) is 2.27. The molecule has 0 N–H and O–H groups in total. The lowest BCUT2D eigenvalue weighted by atomic mass is 9.94. The minimum absolute atomic E-state index is 0.771. The van der Waals surface area contributed by atoms with Crippen molar-refractivity contribution in [3.63, 3.8) is 0 Å². The van der Waals surface area contributed by atoms with Gasteiger partial charge >= 0.3 is 0 Å². The molecule has 0 saturated carbocycles. The van der Waals surface area contributed by atoms with Crippen molar-refractivity contribution in [3.8, 4) is 0 Å². The second-order valence-corrected chi connectivity index (χ2v) is 6.45. The molecule has 4 aromatic rings. The number of hydrogen-bond acceptors (Lipinski definition) is 0. The zero-order valence-corrected chi connectivity index (χ0v) is 11.9. The molecule has 0 spiro atoms. The summed E-state index contributed by atoms with van der Waals surface area (Å²) in [6, 6.07) is 20.0. The summed E-state index contributed by atoms with van der Waals surface area (Å²) in [6.45, 7) is 0. The first kappa shape index (κ1) is 10.5. The van der Waals surface area contributed by atoms with E-state index in [-0.39, 0.29) is 0 Å². The Morgan fingerprint density at radius 3 is 2.20 bits per heavy atom. The lowest BCUT2D eigenvalue weighted by Gasteiger charge is -2.15. The van der Waals surface area contributed by atoms with Crippen LogP contribution >= 0.6 is 0 Å². The number of benzene rings is 4. The van der Waals surface area contributed by atoms with Crippen LogP contribution in [0.2, 0.25) is 0 Å². The first-order chi connectivity index (χ1) is 9.93. The van der Waals surface area contributed by atoms with Crippen molar-refractivity contribution < 1.29 is 0 Å². The third-order valence-corrected chi connectivity index (χ3v) is 5.44. The summed E-state index contributed by atoms with van der Waals surface area (Å²) in [5.41, 5.74) is 2.31. The van der Waals surface area contributed by atoms with Crippen LogP contribution in [0.1, 0.15) is 0 Å². The zero-order valence-electron chi connectivity index (χ0n) is 10.9. The maximum Gasteiger partial charge on any atom is 0.0614 e. The molecule has 1 heterocycles. The molecule has 0 aromatic heterocycles. The van der Waals surface area contributed by atoms with Gasteiger partial charge in [0, 0.05) is 0 Å². The molecule has 0 fully saturated rings. The van der Waals surface area contributed by atoms with Gasteiger partial charge in [0.1, 0.15) is 0 Å². The molecule has 0 bridgehead atoms. The summed E-state index contributed by atoms with van der Waals surface area (Å²) >= 11 is 0. The minimum atomic E-state index is 0.771. The average molecular weight is 267 g/mol. The molecule has 0 atom stereocenters. The molecule has 5 rings (SSSR count). The molecule has 4 aromatic carbocycles. The average Bonchev–Trinajstić information content (AvgIpc) is 2.52. The Morgan fingerprint density at radius 2 is 1.35 bits per heavy atom. The van der Waals surface area contributed by atoms with Crippen LogP contribution in [0.5, 0.6) is 0 Å². The van der Waals surface area contributed by atoms with Crippen molar-refractivity contribution in [1.82, 2.24) is 0 Å². The molecule has 0 unspecified atom stereocenters. The smallest absolute Gasteiger partial charge is 0.0614 e. The zero-order chi connectivity index (χ0) is 13.1. The molecule has 0 saturated heterocycles. The van der Waals surface area contributed by atoms with Crippen LogP contribution in [0, 0.1) is 0 Å². The molecular weight excluding hydrogens is 256 g/mol. The van der Waals surface area contributed by atoms with Crippen molar-refractivity contribution in [2.45, 2.75) is 0 Å². The lowest BCUT2D eigenvalue weighted by Crippen LogP contribution is -2.23. The van der Waals surface area contributed by atoms with Gasteiger partial charge in [-0.2, -0.15) is 0 Å². The highest BCUT2D eigenvalue weighted by Crippen LogP contribution is 2.30. The number of rotatable bonds is 0. The molecule has 0 aliphatic carbocycles. The van der Waals surface area contributed by atoms with Gasteiger partial charge in [0.15, 0.2) is 0 Å². The van der Waals surface area contributed by atoms with E-state index in [0.29, 0.717) is 0 Å². The molecular formula is C19H11Si. The van der Waals surface area contributed by atoms with Crippen LogP contribution in [-0.2, 0) is 0 Å². The largest absolute Gasteiger partial charge is 0.0760 e. The predicted octanol–water partition coefficient (Wildman–Crippen LogP) is 2.79. The van der Waals surface area contributed by atoms with E-state index in [4.69, 9.17) is 0 Å². The van der Waals surface area contributed by atoms with Crippen molar-refractivity contribution in [3.05, 3.63) is 59.8 Å². The Morgan fingerprint density at radius 1 is 0.650 bits per heavy atom. The fourth-order valence-electron chi connectivity index (χ4n) is 3.49. The maximum atomic E-state index is 2.31. The highest BCUT2D eigenvalue weighted by Gasteiger charge is 2.13. The molecule has 0 amide bonds. The van der Waals surface area contributed by atoms with Gasteiger partial charge in [0.05, 0.1) is 9.13 Å². The summed E-state index contributed by atoms with van der Waals surface area (Å²) < 4.78 is 0. The lowest BCUT2D eigenvalue weighted by molar-refractivity contribution is 1.73. The predicted molar refractivity (Wildman–Crippen MR) is 90.1 cm³/mol. The summed E-state index contributed by atoms with van der Waals surface area (Å²) in [7, 11) is 0.771. The first-order valence-corrected chi connectivity index (χ1v) is 7.97. The summed E-state index contributed by atoms with van der Waals surface area (Å²) in [5.74, 6) is 0. The molecule has 0 nitrogen and oxygen atoms in total. The van der Waals surface area contributed by atoms with Crippen LogP contribution in [0.3, 0.4) is 0 Å². The van der Waals surface area contributed by atoms with Crippen molar-refractivity contribution in [1.29, 1.82) is 0 Å². The summed E-state index contributed by atoms with van der Waals surface area (Å²) in [4.78, 5) is 0. The van der Waals surface area contributed by atoms with E-state index in [9.17, 15) is 0 Å². The fourth-order valence-corrected chi connectivity index (χ4v) is 4.70. The Balaban J connectivity index is 2.29. The highest BCUT2D eigenvalue weighted by molar-refractivity contribution is 6.71. The maximum absolute atomic E-state index is 2.31. The van der Waals surface area contributed by atoms with Gasteiger partial charge < -0.3 is 0 Å². The van der Waals surface area contributed by atoms with Crippen LogP contribution < -0.4 is 10.4 Å². The SMILES string of the molecule is C1=[Si]c2c3cccc4cccc(c5cccc(c25)=C1)c43. The molecule has 1 aliphatic heterocycles. The van der Waals surface area contributed by atoms with Crippen molar-refractivity contribution in [2.24, 2.45) is 0 Å². The topological polar surface area (TPSA) is 0 Å². The summed E-state index contributed by atoms with van der Waals surface area (Å²) in [5, 5.41) is 11.3. The van der Waals surface area contributed by atoms with Gasteiger partial charge in [-0.15, -0.1) is 0 Å². The van der Waals surface area contributed by atoms with Gasteiger partial charge in [-0.3, -0.25) is 0 Å². The van der Waals surface area contributed by atoms with E-state index < -0.39 is 0 Å². The van der Waals surface area contributed by atoms with Crippen LogP contribution in [0.25, 0.3) is 38.4 Å². The molecule has 20 heavy (non-hydrogen) atoms. The van der Waals surface area contributed by atoms with E-state index >= 15 is 0 Å². The Bertz CT molecular complexity index is 1080. The fraction of sp³-hybridized carbons (Fsp3) is 0. The molecule has 91 valence electrons. The van der Waals surface area contributed by atoms with E-state index in [1.54, 1.807) is 0 Å². The van der Waals surface area contributed by atoms with Crippen LogP contribution in [0.15, 0.2) is 54.6 Å². The standard InChI is InChI=1S/C19H11Si/c1-4-12-5-3-9-16-17(12)14(7-1)15-8-2-6-13-10-11-20-19(16)18(13)15/h1-11H. The van der Waals surface area contributed by atoms with Gasteiger partial charge in [0.25, 0.3) is 0 Å². The van der Waals surface area contributed by atoms with Gasteiger partial charge in [-0.25, -0.2) is 0 Å². The van der Waals surface area contributed by atoms with Crippen molar-refractivity contribution >= 4 is 58.4 Å². The quantitative estimate of drug-likeness (QED) is 0.261. The second kappa shape index (κ2) is 3.65. The molecule has 1 aliphatic rings. The van der Waals surface area contributed by atoms with Crippen LogP contribution in [0.4, 0.5) is 0 Å². The minimum Gasteiger partial charge on any atom is -0.0760 e. The van der Waals surface area contributed by atoms with Crippen molar-refractivity contribution in [2.75, 3.05) is 0 Å². The van der Waals surface area contributed by atoms with E-state index in [0.717, 1.165) is 9.13 Å². The van der Waals surface area contributed by atoms with Crippen LogP contribution in [-0.4, -0.2) is 14.8 Å². The Labute approximate surface area is 118 Å². The first-order valence-electron chi connectivity index (χ1n) is 6.89. The van der Waals surface area contributed by atoms with Gasteiger partial charge in [0.2, 0.25) is 0 Å². The third kappa shape index (κ3) is 1.19. The molecule has 1 heteroatoms. The van der Waals surface area contributed by atoms with E-state index in [1.807, 2.05) is 0 Å². The Kier molecular flexibility index (Phi) is 1.92. The normalized spacial score (nSPS) is 13.2. The molecule has 1 radical (unpaired) electrons. The van der Waals surface area contributed by atoms with Gasteiger partial charge in [-0.05, 0) is 42.7 Å². The second-order valence-electron chi connectivity index (χ2n) is 5.33. The van der Waals surface area contributed by atoms with E-state index in [2.05, 4.69) is 66.3 Å². The van der Waals surface area contributed by atoms with E-state index in [1.165, 1.54) is 42.7 Å². The monoisotopic (exact) mass is 267 g/mol.